The Morgan fingerprint density at radius 3 is 0.818 bits per heavy atom. The largest absolute Gasteiger partial charge is 3.00 e. The van der Waals surface area contributed by atoms with Crippen molar-refractivity contribution in [2.24, 2.45) is 0 Å². The fourth-order valence-corrected chi connectivity index (χ4v) is 0.963. The minimum Gasteiger partial charge on any atom is -0.550 e. The molecular weight excluding hydrogens is 328 g/mol. The second kappa shape index (κ2) is 24.9. The smallest absolute Gasteiger partial charge is 0.550 e. The Hall–Kier alpha value is -1.06. The normalized spacial score (nSPS) is 8.32. The Morgan fingerprint density at radius 1 is 0.591 bits per heavy atom. The van der Waals surface area contributed by atoms with Crippen LogP contribution in [0.15, 0.2) is 0 Å². The molecule has 22 heavy (non-hydrogen) atoms. The van der Waals surface area contributed by atoms with E-state index < -0.39 is 17.9 Å². The maximum absolute atomic E-state index is 9.65. The SMILES string of the molecule is CCCCC(=O)[O-].CCCCC(=O)[O-].CCCCC(=O)[O-].[Cr+3]. The summed E-state index contributed by atoms with van der Waals surface area (Å²) >= 11 is 0. The van der Waals surface area contributed by atoms with Crippen LogP contribution in [0.5, 0.6) is 0 Å². The molecule has 0 fully saturated rings. The third kappa shape index (κ3) is 50.9. The van der Waals surface area contributed by atoms with E-state index in [0.29, 0.717) is 0 Å². The molecule has 129 valence electrons. The van der Waals surface area contributed by atoms with E-state index in [1.54, 1.807) is 0 Å². The molecule has 0 aromatic heterocycles. The van der Waals surface area contributed by atoms with E-state index in [1.165, 1.54) is 0 Å². The Morgan fingerprint density at radius 2 is 0.773 bits per heavy atom. The summed E-state index contributed by atoms with van der Waals surface area (Å²) in [6, 6.07) is 0. The molecule has 0 aromatic carbocycles. The summed E-state index contributed by atoms with van der Waals surface area (Å²) in [6.07, 6.45) is 5.60. The van der Waals surface area contributed by atoms with E-state index in [2.05, 4.69) is 0 Å². The van der Waals surface area contributed by atoms with Gasteiger partial charge in [-0.3, -0.25) is 0 Å². The van der Waals surface area contributed by atoms with Crippen LogP contribution in [0.25, 0.3) is 0 Å². The van der Waals surface area contributed by atoms with Crippen LogP contribution in [0, 0.1) is 0 Å². The summed E-state index contributed by atoms with van der Waals surface area (Å²) in [7, 11) is 0. The number of carbonyl (C=O) groups is 3. The zero-order valence-electron chi connectivity index (χ0n) is 13.7. The number of carboxylic acid groups (broad SMARTS) is 3. The van der Waals surface area contributed by atoms with Crippen LogP contribution in [0.1, 0.15) is 78.6 Å². The number of hydrogen-bond donors (Lipinski definition) is 0. The number of aliphatic carboxylic acids is 3. The molecule has 0 atom stereocenters. The predicted octanol–water partition coefficient (Wildman–Crippen LogP) is -0.223. The van der Waals surface area contributed by atoms with Crippen molar-refractivity contribution >= 4 is 17.9 Å². The van der Waals surface area contributed by atoms with Crippen molar-refractivity contribution in [3.05, 3.63) is 0 Å². The first-order valence-electron chi connectivity index (χ1n) is 7.41. The number of carbonyl (C=O) groups excluding carboxylic acids is 3. The van der Waals surface area contributed by atoms with Gasteiger partial charge in [-0.15, -0.1) is 0 Å². The second-order valence-corrected chi connectivity index (χ2v) is 4.43. The van der Waals surface area contributed by atoms with Crippen molar-refractivity contribution in [3.8, 4) is 0 Å². The number of carboxylic acids is 3. The van der Waals surface area contributed by atoms with Crippen molar-refractivity contribution < 1.29 is 47.1 Å². The van der Waals surface area contributed by atoms with Gasteiger partial charge in [0.15, 0.2) is 0 Å². The molecular formula is C15H27CrO6. The summed E-state index contributed by atoms with van der Waals surface area (Å²) in [6.45, 7) is 5.84. The van der Waals surface area contributed by atoms with E-state index in [9.17, 15) is 29.7 Å². The molecule has 0 heterocycles. The summed E-state index contributed by atoms with van der Waals surface area (Å²) in [5.74, 6) is -2.83. The molecule has 0 spiro atoms. The van der Waals surface area contributed by atoms with Gasteiger partial charge in [-0.05, 0) is 38.5 Å². The van der Waals surface area contributed by atoms with Gasteiger partial charge in [0.25, 0.3) is 0 Å². The fraction of sp³-hybridized carbons (Fsp3) is 0.800. The maximum Gasteiger partial charge on any atom is 3.00 e. The molecule has 0 N–H and O–H groups in total. The van der Waals surface area contributed by atoms with Crippen LogP contribution in [0.4, 0.5) is 0 Å². The summed E-state index contributed by atoms with van der Waals surface area (Å²) in [5, 5.41) is 28.9. The number of hydrogen-bond acceptors (Lipinski definition) is 6. The number of unbranched alkanes of at least 4 members (excludes halogenated alkanes) is 3. The van der Waals surface area contributed by atoms with Crippen LogP contribution in [0.3, 0.4) is 0 Å². The second-order valence-electron chi connectivity index (χ2n) is 4.43. The van der Waals surface area contributed by atoms with E-state index in [-0.39, 0.29) is 36.6 Å². The standard InChI is InChI=1S/3C5H10O2.Cr/c3*1-2-3-4-5(6)7;/h3*2-4H2,1H3,(H,6,7);/q;;;+3/p-3. The molecule has 1 radical (unpaired) electrons. The summed E-state index contributed by atoms with van der Waals surface area (Å²) in [4.78, 5) is 28.9. The molecule has 0 aliphatic heterocycles. The molecule has 0 bridgehead atoms. The quantitative estimate of drug-likeness (QED) is 0.564. The predicted molar refractivity (Wildman–Crippen MR) is 73.6 cm³/mol. The molecule has 0 rings (SSSR count). The summed E-state index contributed by atoms with van der Waals surface area (Å²) < 4.78 is 0. The van der Waals surface area contributed by atoms with Gasteiger partial charge >= 0.3 is 17.4 Å². The van der Waals surface area contributed by atoms with Gasteiger partial charge in [0.1, 0.15) is 0 Å². The molecule has 0 aliphatic rings. The first kappa shape index (κ1) is 29.0. The van der Waals surface area contributed by atoms with Gasteiger partial charge in [-0.25, -0.2) is 0 Å². The third-order valence-electron chi connectivity index (χ3n) is 2.20. The van der Waals surface area contributed by atoms with Crippen LogP contribution in [-0.2, 0) is 31.7 Å². The molecule has 0 aliphatic carbocycles. The molecule has 6 nitrogen and oxygen atoms in total. The van der Waals surface area contributed by atoms with Crippen molar-refractivity contribution in [1.82, 2.24) is 0 Å². The van der Waals surface area contributed by atoms with Gasteiger partial charge in [-0.2, -0.15) is 0 Å². The van der Waals surface area contributed by atoms with E-state index in [0.717, 1.165) is 38.5 Å². The van der Waals surface area contributed by atoms with Crippen molar-refractivity contribution in [1.29, 1.82) is 0 Å². The van der Waals surface area contributed by atoms with Crippen molar-refractivity contribution in [2.45, 2.75) is 78.6 Å². The minimum absolute atomic E-state index is 0. The van der Waals surface area contributed by atoms with Gasteiger partial charge in [0.05, 0.1) is 0 Å². The third-order valence-corrected chi connectivity index (χ3v) is 2.20. The molecule has 0 amide bonds. The average molecular weight is 355 g/mol. The molecule has 0 unspecified atom stereocenters. The fourth-order valence-electron chi connectivity index (χ4n) is 0.963. The summed E-state index contributed by atoms with van der Waals surface area (Å²) in [5.41, 5.74) is 0. The number of rotatable bonds is 9. The zero-order chi connectivity index (χ0) is 17.1. The molecule has 0 saturated carbocycles. The van der Waals surface area contributed by atoms with Crippen LogP contribution in [-0.4, -0.2) is 17.9 Å². The van der Waals surface area contributed by atoms with Crippen LogP contribution < -0.4 is 15.3 Å². The average Bonchev–Trinajstić information content (AvgIpc) is 2.41. The van der Waals surface area contributed by atoms with Gasteiger partial charge in [0.2, 0.25) is 0 Å². The van der Waals surface area contributed by atoms with Crippen LogP contribution in [0.2, 0.25) is 0 Å². The van der Waals surface area contributed by atoms with E-state index in [1.807, 2.05) is 20.8 Å². The Balaban J connectivity index is -0.000000108. The topological polar surface area (TPSA) is 120 Å². The molecule has 0 saturated heterocycles. The van der Waals surface area contributed by atoms with Crippen molar-refractivity contribution in [3.63, 3.8) is 0 Å². The van der Waals surface area contributed by atoms with Gasteiger partial charge < -0.3 is 29.7 Å². The Kier molecular flexibility index (Phi) is 32.9. The first-order valence-corrected chi connectivity index (χ1v) is 7.41. The van der Waals surface area contributed by atoms with E-state index >= 15 is 0 Å². The monoisotopic (exact) mass is 355 g/mol. The van der Waals surface area contributed by atoms with Gasteiger partial charge in [-0.1, -0.05) is 40.0 Å². The zero-order valence-corrected chi connectivity index (χ0v) is 15.0. The first-order chi connectivity index (χ1) is 9.81. The maximum atomic E-state index is 9.65. The van der Waals surface area contributed by atoms with Gasteiger partial charge in [0, 0.05) is 17.9 Å². The van der Waals surface area contributed by atoms with Crippen molar-refractivity contribution in [2.75, 3.05) is 0 Å². The minimum atomic E-state index is -0.943. The molecule has 0 aromatic rings. The molecule has 7 heteroatoms. The Bertz CT molecular complexity index is 226. The Labute approximate surface area is 144 Å². The van der Waals surface area contributed by atoms with E-state index in [4.69, 9.17) is 0 Å². The van der Waals surface area contributed by atoms with Crippen LogP contribution >= 0.6 is 0 Å².